The highest BCUT2D eigenvalue weighted by atomic mass is 16.5. The molecule has 1 saturated heterocycles. The summed E-state index contributed by atoms with van der Waals surface area (Å²) in [6, 6.07) is 2.27. The lowest BCUT2D eigenvalue weighted by molar-refractivity contribution is 0.0779. The van der Waals surface area contributed by atoms with Crippen LogP contribution in [0.3, 0.4) is 0 Å². The van der Waals surface area contributed by atoms with E-state index < -0.39 is 0 Å². The second-order valence-corrected chi connectivity index (χ2v) is 4.43. The van der Waals surface area contributed by atoms with Gasteiger partial charge in [0.15, 0.2) is 0 Å². The molecule has 1 aliphatic heterocycles. The van der Waals surface area contributed by atoms with Crippen LogP contribution in [0.25, 0.3) is 0 Å². The monoisotopic (exact) mass is 224 g/mol. The van der Waals surface area contributed by atoms with E-state index in [9.17, 15) is 0 Å². The van der Waals surface area contributed by atoms with Crippen LogP contribution in [0.5, 0.6) is 0 Å². The predicted octanol–water partition coefficient (Wildman–Crippen LogP) is 0.282. The first-order valence-electron chi connectivity index (χ1n) is 5.78. The molecule has 0 spiro atoms. The van der Waals surface area contributed by atoms with Crippen LogP contribution in [-0.2, 0) is 18.2 Å². The molecule has 1 aromatic rings. The Labute approximate surface area is 95.9 Å². The maximum Gasteiger partial charge on any atom is 0.0746 e. The summed E-state index contributed by atoms with van der Waals surface area (Å²) in [6.45, 7) is 2.85. The molecule has 5 nitrogen and oxygen atoms in total. The van der Waals surface area contributed by atoms with Gasteiger partial charge in [0.05, 0.1) is 17.8 Å². The van der Waals surface area contributed by atoms with Gasteiger partial charge in [0.25, 0.3) is 0 Å². The van der Waals surface area contributed by atoms with E-state index >= 15 is 0 Å². The number of rotatable bonds is 4. The first-order chi connectivity index (χ1) is 7.70. The zero-order valence-electron chi connectivity index (χ0n) is 9.94. The van der Waals surface area contributed by atoms with Gasteiger partial charge >= 0.3 is 0 Å². The fourth-order valence-corrected chi connectivity index (χ4v) is 2.30. The van der Waals surface area contributed by atoms with Crippen molar-refractivity contribution in [2.24, 2.45) is 12.9 Å². The van der Waals surface area contributed by atoms with Gasteiger partial charge in [-0.25, -0.2) is 0 Å². The number of aryl methyl sites for hydroxylation is 2. The number of aromatic nitrogens is 2. The molecule has 0 radical (unpaired) electrons. The summed E-state index contributed by atoms with van der Waals surface area (Å²) in [6.07, 6.45) is 3.32. The zero-order chi connectivity index (χ0) is 11.5. The molecular weight excluding hydrogens is 204 g/mol. The summed E-state index contributed by atoms with van der Waals surface area (Å²) < 4.78 is 7.56. The van der Waals surface area contributed by atoms with Crippen molar-refractivity contribution in [1.82, 2.24) is 15.2 Å². The first-order valence-corrected chi connectivity index (χ1v) is 5.78. The van der Waals surface area contributed by atoms with Crippen molar-refractivity contribution in [1.29, 1.82) is 0 Å². The molecule has 2 unspecified atom stereocenters. The van der Waals surface area contributed by atoms with Crippen LogP contribution in [0, 0.1) is 6.92 Å². The van der Waals surface area contributed by atoms with E-state index in [0.29, 0.717) is 0 Å². The topological polar surface area (TPSA) is 65.1 Å². The summed E-state index contributed by atoms with van der Waals surface area (Å²) >= 11 is 0. The number of ether oxygens (including phenoxy) is 1. The largest absolute Gasteiger partial charge is 0.377 e. The number of nitrogens with two attached hydrogens (primary N) is 1. The number of hydrazine groups is 1. The van der Waals surface area contributed by atoms with Gasteiger partial charge < -0.3 is 4.74 Å². The highest BCUT2D eigenvalue weighted by Gasteiger charge is 2.26. The quantitative estimate of drug-likeness (QED) is 0.569. The maximum atomic E-state index is 5.65. The number of nitrogens with one attached hydrogen (secondary N) is 1. The van der Waals surface area contributed by atoms with E-state index in [4.69, 9.17) is 10.6 Å². The summed E-state index contributed by atoms with van der Waals surface area (Å²) in [5.74, 6) is 5.60. The Hall–Kier alpha value is -0.910. The average molecular weight is 224 g/mol. The maximum absolute atomic E-state index is 5.65. The minimum atomic E-state index is 0.178. The summed E-state index contributed by atoms with van der Waals surface area (Å²) in [5.41, 5.74) is 5.10. The molecule has 0 saturated carbocycles. The van der Waals surface area contributed by atoms with Crippen LogP contribution in [0.2, 0.25) is 0 Å². The Morgan fingerprint density at radius 3 is 3.06 bits per heavy atom. The molecule has 5 heteroatoms. The Bertz CT molecular complexity index is 344. The van der Waals surface area contributed by atoms with Crippen LogP contribution in [0.4, 0.5) is 0 Å². The lowest BCUT2D eigenvalue weighted by atomic mass is 10.0. The van der Waals surface area contributed by atoms with Crippen LogP contribution >= 0.6 is 0 Å². The van der Waals surface area contributed by atoms with Gasteiger partial charge in [-0.1, -0.05) is 0 Å². The molecule has 0 bridgehead atoms. The molecule has 2 heterocycles. The van der Waals surface area contributed by atoms with E-state index in [1.54, 1.807) is 0 Å². The molecular formula is C11H20N4O. The highest BCUT2D eigenvalue weighted by Crippen LogP contribution is 2.18. The van der Waals surface area contributed by atoms with Crippen molar-refractivity contribution in [3.8, 4) is 0 Å². The highest BCUT2D eigenvalue weighted by molar-refractivity contribution is 5.10. The molecule has 1 aromatic heterocycles. The van der Waals surface area contributed by atoms with Crippen molar-refractivity contribution in [3.63, 3.8) is 0 Å². The van der Waals surface area contributed by atoms with Crippen LogP contribution in [-0.4, -0.2) is 28.5 Å². The molecule has 3 N–H and O–H groups in total. The van der Waals surface area contributed by atoms with E-state index in [2.05, 4.69) is 16.6 Å². The molecule has 1 fully saturated rings. The van der Waals surface area contributed by atoms with Crippen molar-refractivity contribution >= 4 is 0 Å². The fourth-order valence-electron chi connectivity index (χ4n) is 2.30. The van der Waals surface area contributed by atoms with Gasteiger partial charge in [0, 0.05) is 25.8 Å². The minimum absolute atomic E-state index is 0.178. The van der Waals surface area contributed by atoms with Crippen molar-refractivity contribution in [2.75, 3.05) is 6.61 Å². The van der Waals surface area contributed by atoms with Crippen molar-refractivity contribution in [2.45, 2.75) is 38.3 Å². The number of hydrogen-bond acceptors (Lipinski definition) is 4. The van der Waals surface area contributed by atoms with Gasteiger partial charge in [-0.15, -0.1) is 0 Å². The van der Waals surface area contributed by atoms with Gasteiger partial charge in [0.1, 0.15) is 0 Å². The smallest absolute Gasteiger partial charge is 0.0746 e. The van der Waals surface area contributed by atoms with Crippen molar-refractivity contribution in [3.05, 3.63) is 17.5 Å². The Morgan fingerprint density at radius 2 is 2.56 bits per heavy atom. The van der Waals surface area contributed by atoms with Crippen LogP contribution < -0.4 is 11.3 Å². The van der Waals surface area contributed by atoms with Crippen molar-refractivity contribution < 1.29 is 4.74 Å². The van der Waals surface area contributed by atoms with Gasteiger partial charge in [-0.05, 0) is 25.8 Å². The molecule has 90 valence electrons. The third kappa shape index (κ3) is 2.42. The van der Waals surface area contributed by atoms with E-state index in [1.807, 2.05) is 18.7 Å². The first kappa shape index (κ1) is 11.6. The standard InChI is InChI=1S/C11H20N4O/c1-8-6-9(15(2)14-8)7-10(13-12)11-4-3-5-16-11/h6,10-11,13H,3-5,7,12H2,1-2H3. The molecule has 16 heavy (non-hydrogen) atoms. The minimum Gasteiger partial charge on any atom is -0.377 e. The lowest BCUT2D eigenvalue weighted by Crippen LogP contribution is -2.45. The second kappa shape index (κ2) is 4.95. The van der Waals surface area contributed by atoms with Gasteiger partial charge in [-0.3, -0.25) is 16.0 Å². The summed E-state index contributed by atoms with van der Waals surface area (Å²) in [5, 5.41) is 4.33. The third-order valence-corrected chi connectivity index (χ3v) is 3.16. The number of hydrogen-bond donors (Lipinski definition) is 2. The fraction of sp³-hybridized carbons (Fsp3) is 0.727. The normalized spacial score (nSPS) is 22.6. The zero-order valence-corrected chi connectivity index (χ0v) is 9.94. The predicted molar refractivity (Wildman–Crippen MR) is 61.7 cm³/mol. The Morgan fingerprint density at radius 1 is 1.75 bits per heavy atom. The molecule has 0 amide bonds. The van der Waals surface area contributed by atoms with E-state index in [0.717, 1.165) is 31.6 Å². The lowest BCUT2D eigenvalue weighted by Gasteiger charge is -2.21. The van der Waals surface area contributed by atoms with Gasteiger partial charge in [-0.2, -0.15) is 5.10 Å². The Kier molecular flexibility index (Phi) is 3.58. The van der Waals surface area contributed by atoms with Crippen LogP contribution in [0.1, 0.15) is 24.2 Å². The van der Waals surface area contributed by atoms with E-state index in [-0.39, 0.29) is 12.1 Å². The number of nitrogens with zero attached hydrogens (tertiary/aromatic N) is 2. The van der Waals surface area contributed by atoms with E-state index in [1.165, 1.54) is 5.69 Å². The van der Waals surface area contributed by atoms with Crippen LogP contribution in [0.15, 0.2) is 6.07 Å². The second-order valence-electron chi connectivity index (χ2n) is 4.43. The molecule has 1 aliphatic rings. The molecule has 2 atom stereocenters. The summed E-state index contributed by atoms with van der Waals surface area (Å²) in [4.78, 5) is 0. The SMILES string of the molecule is Cc1cc(CC(NN)C2CCCO2)n(C)n1. The van der Waals surface area contributed by atoms with Gasteiger partial charge in [0.2, 0.25) is 0 Å². The molecule has 2 rings (SSSR count). The average Bonchev–Trinajstić information content (AvgIpc) is 2.85. The third-order valence-electron chi connectivity index (χ3n) is 3.16. The molecule has 0 aromatic carbocycles. The Balaban J connectivity index is 2.03. The summed E-state index contributed by atoms with van der Waals surface area (Å²) in [7, 11) is 1.96. The molecule has 0 aliphatic carbocycles.